The summed E-state index contributed by atoms with van der Waals surface area (Å²) in [4.78, 5) is 23.4. The van der Waals surface area contributed by atoms with Gasteiger partial charge in [0, 0.05) is 14.0 Å². The Kier molecular flexibility index (Phi) is 2.43. The molecule has 52 valence electrons. The normalized spacial score (nSPS) is 8.22. The van der Waals surface area contributed by atoms with Gasteiger partial charge in [-0.05, 0) is 0 Å². The van der Waals surface area contributed by atoms with Gasteiger partial charge in [0.05, 0.1) is 0 Å². The van der Waals surface area contributed by atoms with Gasteiger partial charge in [0.2, 0.25) is 5.91 Å². The van der Waals surface area contributed by atoms with Crippen molar-refractivity contribution in [3.63, 3.8) is 0 Å². The van der Waals surface area contributed by atoms with Gasteiger partial charge in [0.25, 0.3) is 0 Å². The Balaban J connectivity index is 3.63. The first-order valence-corrected chi connectivity index (χ1v) is 2.11. The molecule has 0 aromatic rings. The highest BCUT2D eigenvalue weighted by molar-refractivity contribution is 5.71. The van der Waals surface area contributed by atoms with Crippen LogP contribution in [0, 0.1) is 10.1 Å². The van der Waals surface area contributed by atoms with Crippen LogP contribution in [-0.2, 0) is 9.73 Å². The fraction of sp³-hybridized carbons (Fsp3) is 0.667. The van der Waals surface area contributed by atoms with Gasteiger partial charge in [-0.25, -0.2) is 0 Å². The molecule has 0 radical (unpaired) electrons. The Morgan fingerprint density at radius 3 is 2.33 bits per heavy atom. The van der Waals surface area contributed by atoms with Crippen LogP contribution in [0.1, 0.15) is 6.92 Å². The molecule has 0 saturated carbocycles. The van der Waals surface area contributed by atoms with E-state index in [1.807, 2.05) is 0 Å². The average Bonchev–Trinajstić information content (AvgIpc) is 1.63. The molecule has 6 heteroatoms. The summed E-state index contributed by atoms with van der Waals surface area (Å²) < 4.78 is 0. The van der Waals surface area contributed by atoms with E-state index in [0.29, 0.717) is 5.06 Å². The average molecular weight is 134 g/mol. The molecule has 0 atom stereocenters. The number of amides is 1. The van der Waals surface area contributed by atoms with Crippen LogP contribution in [0.4, 0.5) is 0 Å². The van der Waals surface area contributed by atoms with E-state index in [9.17, 15) is 14.9 Å². The van der Waals surface area contributed by atoms with Crippen LogP contribution in [0.3, 0.4) is 0 Å². The van der Waals surface area contributed by atoms with Crippen molar-refractivity contribution >= 4 is 5.91 Å². The van der Waals surface area contributed by atoms with Crippen LogP contribution < -0.4 is 0 Å². The minimum atomic E-state index is -1.05. The molecule has 0 rings (SSSR count). The van der Waals surface area contributed by atoms with Crippen molar-refractivity contribution in [1.82, 2.24) is 5.06 Å². The molecule has 0 aliphatic carbocycles. The summed E-state index contributed by atoms with van der Waals surface area (Å²) in [7, 11) is 1.16. The molecule has 0 unspecified atom stereocenters. The molecule has 0 spiro atoms. The van der Waals surface area contributed by atoms with Crippen molar-refractivity contribution in [2.24, 2.45) is 0 Å². The molecule has 0 aromatic carbocycles. The maximum Gasteiger partial charge on any atom is 0.317 e. The number of carbonyl (C=O) groups is 1. The maximum atomic E-state index is 10.2. The van der Waals surface area contributed by atoms with Gasteiger partial charge in [-0.2, -0.15) is 10.0 Å². The van der Waals surface area contributed by atoms with E-state index in [1.165, 1.54) is 0 Å². The van der Waals surface area contributed by atoms with Crippen LogP contribution in [0.15, 0.2) is 0 Å². The largest absolute Gasteiger partial charge is 0.317 e. The molecule has 0 fully saturated rings. The minimum Gasteiger partial charge on any atom is -0.273 e. The number of hydroxylamine groups is 2. The zero-order valence-electron chi connectivity index (χ0n) is 5.03. The molecule has 6 nitrogen and oxygen atoms in total. The molecule has 1 amide bonds. The van der Waals surface area contributed by atoms with Gasteiger partial charge in [0.15, 0.2) is 0 Å². The monoisotopic (exact) mass is 134 g/mol. The van der Waals surface area contributed by atoms with Crippen LogP contribution in [0.25, 0.3) is 0 Å². The van der Waals surface area contributed by atoms with Crippen LogP contribution >= 0.6 is 0 Å². The van der Waals surface area contributed by atoms with Gasteiger partial charge < -0.3 is 0 Å². The molecule has 9 heavy (non-hydrogen) atoms. The highest BCUT2D eigenvalue weighted by Crippen LogP contribution is 1.84. The van der Waals surface area contributed by atoms with E-state index in [-0.39, 0.29) is 0 Å². The lowest BCUT2D eigenvalue weighted by molar-refractivity contribution is -0.801. The summed E-state index contributed by atoms with van der Waals surface area (Å²) >= 11 is 0. The Labute approximate surface area is 51.1 Å². The fourth-order valence-electron chi connectivity index (χ4n) is 0.157. The molecule has 0 aliphatic rings. The van der Waals surface area contributed by atoms with E-state index < -0.39 is 11.0 Å². The summed E-state index contributed by atoms with van der Waals surface area (Å²) in [5.41, 5.74) is 0. The number of rotatable bonds is 2. The number of nitrogens with zero attached hydrogens (tertiary/aromatic N) is 2. The maximum absolute atomic E-state index is 10.2. The molecule has 0 aliphatic heterocycles. The number of hydrogen-bond donors (Lipinski definition) is 0. The first-order valence-electron chi connectivity index (χ1n) is 2.11. The Morgan fingerprint density at radius 1 is 1.78 bits per heavy atom. The van der Waals surface area contributed by atoms with Crippen LogP contribution in [0.2, 0.25) is 0 Å². The molecular weight excluding hydrogens is 128 g/mol. The van der Waals surface area contributed by atoms with E-state index in [2.05, 4.69) is 4.94 Å². The van der Waals surface area contributed by atoms with Crippen molar-refractivity contribution in [3.8, 4) is 0 Å². The summed E-state index contributed by atoms with van der Waals surface area (Å²) in [6.45, 7) is 1.16. The zero-order chi connectivity index (χ0) is 7.44. The summed E-state index contributed by atoms with van der Waals surface area (Å²) in [5, 5.41) is 8.98. The smallest absolute Gasteiger partial charge is 0.273 e. The van der Waals surface area contributed by atoms with Crippen molar-refractivity contribution in [2.45, 2.75) is 6.92 Å². The Morgan fingerprint density at radius 2 is 2.22 bits per heavy atom. The predicted octanol–water partition coefficient (Wildman–Crippen LogP) is -0.412. The fourth-order valence-corrected chi connectivity index (χ4v) is 0.157. The van der Waals surface area contributed by atoms with Gasteiger partial charge in [0.1, 0.15) is 0 Å². The molecule has 0 saturated heterocycles. The molecule has 0 bridgehead atoms. The van der Waals surface area contributed by atoms with E-state index in [0.717, 1.165) is 14.0 Å². The minimum absolute atomic E-state index is 0.522. The van der Waals surface area contributed by atoms with E-state index in [1.54, 1.807) is 0 Å². The lowest BCUT2D eigenvalue weighted by Gasteiger charge is -2.08. The van der Waals surface area contributed by atoms with Crippen molar-refractivity contribution < 1.29 is 14.8 Å². The molecule has 0 N–H and O–H groups in total. The molecular formula is C3H6N2O4. The lowest BCUT2D eigenvalue weighted by Crippen LogP contribution is -2.26. The first-order chi connectivity index (χ1) is 4.04. The third kappa shape index (κ3) is 3.27. The zero-order valence-corrected chi connectivity index (χ0v) is 5.03. The lowest BCUT2D eigenvalue weighted by atomic mass is 10.7. The van der Waals surface area contributed by atoms with Gasteiger partial charge >= 0.3 is 5.09 Å². The number of carbonyl (C=O) groups excluding carboxylic acids is 1. The Hall–Kier alpha value is -1.33. The summed E-state index contributed by atoms with van der Waals surface area (Å²) in [6, 6.07) is 0. The number of hydrogen-bond acceptors (Lipinski definition) is 4. The Bertz CT molecular complexity index is 134. The third-order valence-electron chi connectivity index (χ3n) is 0.633. The molecule has 0 aromatic heterocycles. The second-order valence-corrected chi connectivity index (χ2v) is 1.32. The quantitative estimate of drug-likeness (QED) is 0.380. The third-order valence-corrected chi connectivity index (χ3v) is 0.633. The highest BCUT2D eigenvalue weighted by Gasteiger charge is 2.04. The second kappa shape index (κ2) is 2.85. The van der Waals surface area contributed by atoms with Gasteiger partial charge in [-0.15, -0.1) is 10.1 Å². The van der Waals surface area contributed by atoms with Crippen LogP contribution in [-0.4, -0.2) is 23.1 Å². The van der Waals surface area contributed by atoms with Crippen molar-refractivity contribution in [3.05, 3.63) is 10.1 Å². The van der Waals surface area contributed by atoms with E-state index in [4.69, 9.17) is 0 Å². The standard InChI is InChI=1S/C3H6N2O4/c1-3(6)4(2)9-5(7)8/h1-2H3. The SMILES string of the molecule is CC(=O)N(C)O[N+](=O)[O-]. The predicted molar refractivity (Wildman–Crippen MR) is 26.5 cm³/mol. The van der Waals surface area contributed by atoms with Crippen molar-refractivity contribution in [2.75, 3.05) is 7.05 Å². The topological polar surface area (TPSA) is 72.7 Å². The first kappa shape index (κ1) is 7.67. The van der Waals surface area contributed by atoms with Gasteiger partial charge in [-0.1, -0.05) is 0 Å². The van der Waals surface area contributed by atoms with Gasteiger partial charge in [-0.3, -0.25) is 4.79 Å². The van der Waals surface area contributed by atoms with E-state index >= 15 is 0 Å². The van der Waals surface area contributed by atoms with Crippen molar-refractivity contribution in [1.29, 1.82) is 0 Å². The van der Waals surface area contributed by atoms with Crippen LogP contribution in [0.5, 0.6) is 0 Å². The second-order valence-electron chi connectivity index (χ2n) is 1.32. The highest BCUT2D eigenvalue weighted by atomic mass is 17.0. The summed E-state index contributed by atoms with van der Waals surface area (Å²) in [6.07, 6.45) is 0. The summed E-state index contributed by atoms with van der Waals surface area (Å²) in [5.74, 6) is -0.522. The molecule has 0 heterocycles.